The molecule has 0 bridgehead atoms. The molecule has 0 aliphatic carbocycles. The molecule has 100 valence electrons. The Morgan fingerprint density at radius 3 is 2.83 bits per heavy atom. The van der Waals surface area contributed by atoms with Gasteiger partial charge in [-0.15, -0.1) is 0 Å². The highest BCUT2D eigenvalue weighted by molar-refractivity contribution is 9.10. The molecule has 1 aromatic carbocycles. The molecule has 0 aromatic heterocycles. The van der Waals surface area contributed by atoms with Crippen LogP contribution < -0.4 is 5.32 Å². The summed E-state index contributed by atoms with van der Waals surface area (Å²) < 4.78 is 4.94. The maximum absolute atomic E-state index is 11.9. The summed E-state index contributed by atoms with van der Waals surface area (Å²) in [7, 11) is 0. The monoisotopic (exact) mass is 335 g/mol. The number of nitrogens with one attached hydrogen (secondary N) is 1. The van der Waals surface area contributed by atoms with Crippen molar-refractivity contribution in [1.82, 2.24) is 0 Å². The van der Waals surface area contributed by atoms with Crippen molar-refractivity contribution >= 4 is 39.1 Å². The number of para-hydroxylation sites is 1. The van der Waals surface area contributed by atoms with E-state index in [4.69, 9.17) is 16.3 Å². The molecule has 0 fully saturated rings. The van der Waals surface area contributed by atoms with E-state index in [-0.39, 0.29) is 0 Å². The van der Waals surface area contributed by atoms with Gasteiger partial charge in [0.25, 0.3) is 0 Å². The number of anilines is 1. The number of aliphatic hydroxyl groups is 1. The topological polar surface area (TPSA) is 58.6 Å². The van der Waals surface area contributed by atoms with E-state index in [1.54, 1.807) is 19.1 Å². The number of carbonyl (C=O) groups is 1. The van der Waals surface area contributed by atoms with Crippen molar-refractivity contribution in [1.29, 1.82) is 0 Å². The number of rotatable bonds is 5. The van der Waals surface area contributed by atoms with Crippen molar-refractivity contribution < 1.29 is 14.6 Å². The second-order valence-electron chi connectivity index (χ2n) is 3.67. The molecule has 1 amide bonds. The van der Waals surface area contributed by atoms with Crippen LogP contribution in [0.3, 0.4) is 0 Å². The summed E-state index contributed by atoms with van der Waals surface area (Å²) in [5, 5.41) is 12.7. The first-order valence-corrected chi connectivity index (χ1v) is 6.76. The molecular formula is C12H15BrClNO3. The maximum atomic E-state index is 11.9. The smallest absolute Gasteiger partial charge is 0.243 e. The molecule has 2 atom stereocenters. The Bertz CT molecular complexity index is 408. The zero-order valence-corrected chi connectivity index (χ0v) is 12.5. The standard InChI is InChI=1S/C12H15BrClNO3/c1-3-18-12(17)9(13)11(16)15-10-7(2)5-4-6-8(10)14/h4-6,9,12,17H,3H2,1-2H3,(H,15,16). The van der Waals surface area contributed by atoms with Gasteiger partial charge in [-0.05, 0) is 25.5 Å². The summed E-state index contributed by atoms with van der Waals surface area (Å²) in [5.41, 5.74) is 1.39. The number of halogens is 2. The lowest BCUT2D eigenvalue weighted by molar-refractivity contribution is -0.129. The van der Waals surface area contributed by atoms with Crippen LogP contribution in [0.1, 0.15) is 12.5 Å². The summed E-state index contributed by atoms with van der Waals surface area (Å²) in [6, 6.07) is 5.32. The number of benzene rings is 1. The Morgan fingerprint density at radius 1 is 1.61 bits per heavy atom. The van der Waals surface area contributed by atoms with Gasteiger partial charge in [0.1, 0.15) is 4.83 Å². The van der Waals surface area contributed by atoms with E-state index in [2.05, 4.69) is 21.2 Å². The molecule has 0 saturated carbocycles. The number of aliphatic hydroxyl groups excluding tert-OH is 1. The zero-order chi connectivity index (χ0) is 13.7. The fourth-order valence-electron chi connectivity index (χ4n) is 1.37. The lowest BCUT2D eigenvalue weighted by atomic mass is 10.2. The maximum Gasteiger partial charge on any atom is 0.243 e. The third-order valence-corrected chi connectivity index (χ3v) is 3.49. The van der Waals surface area contributed by atoms with Gasteiger partial charge in [-0.2, -0.15) is 0 Å². The summed E-state index contributed by atoms with van der Waals surface area (Å²) >= 11 is 9.08. The normalized spacial score (nSPS) is 14.1. The molecule has 18 heavy (non-hydrogen) atoms. The van der Waals surface area contributed by atoms with E-state index in [1.807, 2.05) is 13.0 Å². The molecule has 1 rings (SSSR count). The fourth-order valence-corrected chi connectivity index (χ4v) is 1.90. The van der Waals surface area contributed by atoms with Gasteiger partial charge >= 0.3 is 0 Å². The highest BCUT2D eigenvalue weighted by Gasteiger charge is 2.25. The van der Waals surface area contributed by atoms with Crippen LogP contribution in [-0.2, 0) is 9.53 Å². The number of alkyl halides is 1. The minimum Gasteiger partial charge on any atom is -0.367 e. The van der Waals surface area contributed by atoms with Gasteiger partial charge in [0, 0.05) is 6.61 Å². The second kappa shape index (κ2) is 7.09. The third kappa shape index (κ3) is 3.95. The van der Waals surface area contributed by atoms with Crippen molar-refractivity contribution in [3.63, 3.8) is 0 Å². The minimum absolute atomic E-state index is 0.321. The average Bonchev–Trinajstić information content (AvgIpc) is 2.33. The third-order valence-electron chi connectivity index (χ3n) is 2.31. The van der Waals surface area contributed by atoms with Crippen LogP contribution in [0.2, 0.25) is 5.02 Å². The van der Waals surface area contributed by atoms with E-state index in [0.29, 0.717) is 17.3 Å². The predicted molar refractivity (Wildman–Crippen MR) is 75.2 cm³/mol. The van der Waals surface area contributed by atoms with Crippen LogP contribution in [0.15, 0.2) is 18.2 Å². The van der Waals surface area contributed by atoms with Gasteiger partial charge in [0.15, 0.2) is 6.29 Å². The van der Waals surface area contributed by atoms with Crippen molar-refractivity contribution in [2.75, 3.05) is 11.9 Å². The van der Waals surface area contributed by atoms with Crippen LogP contribution in [0.25, 0.3) is 0 Å². The number of ether oxygens (including phenoxy) is 1. The first-order chi connectivity index (χ1) is 8.47. The van der Waals surface area contributed by atoms with Crippen LogP contribution in [0.4, 0.5) is 5.69 Å². The van der Waals surface area contributed by atoms with Crippen molar-refractivity contribution in [3.05, 3.63) is 28.8 Å². The SMILES string of the molecule is CCOC(O)C(Br)C(=O)Nc1c(C)cccc1Cl. The van der Waals surface area contributed by atoms with Crippen molar-refractivity contribution in [3.8, 4) is 0 Å². The first kappa shape index (κ1) is 15.4. The van der Waals surface area contributed by atoms with E-state index in [0.717, 1.165) is 5.56 Å². The number of hydrogen-bond donors (Lipinski definition) is 2. The molecule has 2 unspecified atom stereocenters. The Balaban J connectivity index is 2.75. The number of amides is 1. The summed E-state index contributed by atoms with van der Waals surface area (Å²) in [6.45, 7) is 3.89. The largest absolute Gasteiger partial charge is 0.367 e. The van der Waals surface area contributed by atoms with Crippen LogP contribution in [0.5, 0.6) is 0 Å². The van der Waals surface area contributed by atoms with Crippen LogP contribution >= 0.6 is 27.5 Å². The Hall–Kier alpha value is -0.620. The zero-order valence-electron chi connectivity index (χ0n) is 10.1. The Labute approximate surface area is 119 Å². The molecule has 0 spiro atoms. The molecule has 0 radical (unpaired) electrons. The molecule has 4 nitrogen and oxygen atoms in total. The molecular weight excluding hydrogens is 321 g/mol. The molecule has 0 heterocycles. The van der Waals surface area contributed by atoms with Crippen LogP contribution in [-0.4, -0.2) is 28.7 Å². The van der Waals surface area contributed by atoms with Crippen molar-refractivity contribution in [2.45, 2.75) is 25.0 Å². The number of aryl methyl sites for hydroxylation is 1. The predicted octanol–water partition coefficient (Wildman–Crippen LogP) is 2.71. The molecule has 0 aliphatic heterocycles. The van der Waals surface area contributed by atoms with Gasteiger partial charge in [-0.3, -0.25) is 4.79 Å². The van der Waals surface area contributed by atoms with Gasteiger partial charge in [0.05, 0.1) is 10.7 Å². The van der Waals surface area contributed by atoms with Gasteiger partial charge in [0.2, 0.25) is 5.91 Å². The minimum atomic E-state index is -1.20. The Kier molecular flexibility index (Phi) is 6.08. The lowest BCUT2D eigenvalue weighted by Gasteiger charge is -2.18. The molecule has 0 aliphatic rings. The number of hydrogen-bond acceptors (Lipinski definition) is 3. The first-order valence-electron chi connectivity index (χ1n) is 5.47. The molecule has 6 heteroatoms. The second-order valence-corrected chi connectivity index (χ2v) is 5.06. The van der Waals surface area contributed by atoms with Gasteiger partial charge < -0.3 is 15.2 Å². The quantitative estimate of drug-likeness (QED) is 0.642. The molecule has 2 N–H and O–H groups in total. The lowest BCUT2D eigenvalue weighted by Crippen LogP contribution is -2.35. The average molecular weight is 337 g/mol. The van der Waals surface area contributed by atoms with E-state index in [9.17, 15) is 9.90 Å². The van der Waals surface area contributed by atoms with Crippen LogP contribution in [0, 0.1) is 6.92 Å². The van der Waals surface area contributed by atoms with E-state index in [1.165, 1.54) is 0 Å². The van der Waals surface area contributed by atoms with E-state index < -0.39 is 17.0 Å². The number of carbonyl (C=O) groups excluding carboxylic acids is 1. The molecule has 0 saturated heterocycles. The summed E-state index contributed by atoms with van der Waals surface area (Å²) in [6.07, 6.45) is -1.20. The molecule has 1 aromatic rings. The highest BCUT2D eigenvalue weighted by Crippen LogP contribution is 2.26. The van der Waals surface area contributed by atoms with Gasteiger partial charge in [-0.1, -0.05) is 39.7 Å². The van der Waals surface area contributed by atoms with Crippen molar-refractivity contribution in [2.24, 2.45) is 0 Å². The Morgan fingerprint density at radius 2 is 2.28 bits per heavy atom. The van der Waals surface area contributed by atoms with Gasteiger partial charge in [-0.25, -0.2) is 0 Å². The fraction of sp³-hybridized carbons (Fsp3) is 0.417. The highest BCUT2D eigenvalue weighted by atomic mass is 79.9. The summed E-state index contributed by atoms with van der Waals surface area (Å²) in [4.78, 5) is 11.0. The summed E-state index contributed by atoms with van der Waals surface area (Å²) in [5.74, 6) is -0.410. The van der Waals surface area contributed by atoms with E-state index >= 15 is 0 Å².